The third-order valence-corrected chi connectivity index (χ3v) is 7.22. The van der Waals surface area contributed by atoms with Crippen LogP contribution in [0.1, 0.15) is 0 Å². The Morgan fingerprint density at radius 3 is 2.52 bits per heavy atom. The van der Waals surface area contributed by atoms with E-state index < -0.39 is 49.1 Å². The van der Waals surface area contributed by atoms with Gasteiger partial charge in [-0.2, -0.15) is 9.28 Å². The lowest BCUT2D eigenvalue weighted by molar-refractivity contribution is 0.0954. The first-order chi connectivity index (χ1) is 15.6. The first kappa shape index (κ1) is 24.1. The zero-order valence-electron chi connectivity index (χ0n) is 17.0. The fourth-order valence-corrected chi connectivity index (χ4v) is 5.60. The first-order valence-corrected chi connectivity index (χ1v) is 12.0. The van der Waals surface area contributed by atoms with Crippen molar-refractivity contribution in [3.05, 3.63) is 46.2 Å². The topological polar surface area (TPSA) is 116 Å². The van der Waals surface area contributed by atoms with Gasteiger partial charge in [0, 0.05) is 30.2 Å². The highest BCUT2D eigenvalue weighted by atomic mass is 35.5. The second kappa shape index (κ2) is 8.99. The summed E-state index contributed by atoms with van der Waals surface area (Å²) in [6.45, 7) is 0.529. The molecule has 2 heterocycles. The second-order valence-electron chi connectivity index (χ2n) is 7.58. The molecule has 2 aliphatic heterocycles. The van der Waals surface area contributed by atoms with Crippen LogP contribution in [0.25, 0.3) is 0 Å². The number of rotatable bonds is 5. The van der Waals surface area contributed by atoms with Crippen LogP contribution >= 0.6 is 23.2 Å². The summed E-state index contributed by atoms with van der Waals surface area (Å²) in [5.74, 6) is -0.637. The van der Waals surface area contributed by atoms with Crippen LogP contribution in [0.2, 0.25) is 10.0 Å². The van der Waals surface area contributed by atoms with E-state index >= 15 is 4.39 Å². The molecule has 33 heavy (non-hydrogen) atoms. The van der Waals surface area contributed by atoms with E-state index in [0.717, 1.165) is 6.07 Å². The Bertz CT molecular complexity index is 1210. The SMILES string of the molecule is O=C1OC(CO)C[N@+]1(c1cc(Cl)cc(S(=O)(=O)[O-])c1Cl)c1cccc(F)c1N1CCOCC1. The van der Waals surface area contributed by atoms with Crippen molar-refractivity contribution < 1.29 is 36.7 Å². The number of ether oxygens (including phenoxy) is 2. The number of quaternary nitrogens is 1. The van der Waals surface area contributed by atoms with E-state index in [2.05, 4.69) is 0 Å². The number of cyclic esters (lactones) is 1. The number of halogens is 3. The molecule has 2 atom stereocenters. The Labute approximate surface area is 199 Å². The average Bonchev–Trinajstić information content (AvgIpc) is 3.12. The van der Waals surface area contributed by atoms with Gasteiger partial charge in [-0.3, -0.25) is 0 Å². The molecule has 13 heteroatoms. The van der Waals surface area contributed by atoms with Gasteiger partial charge in [-0.25, -0.2) is 12.8 Å². The summed E-state index contributed by atoms with van der Waals surface area (Å²) < 4.78 is 60.5. The van der Waals surface area contributed by atoms with Crippen LogP contribution in [0, 0.1) is 5.82 Å². The lowest BCUT2D eigenvalue weighted by Gasteiger charge is -2.35. The number of morpholine rings is 1. The monoisotopic (exact) mass is 520 g/mol. The Balaban J connectivity index is 2.06. The summed E-state index contributed by atoms with van der Waals surface area (Å²) in [5, 5.41) is 8.98. The van der Waals surface area contributed by atoms with Crippen LogP contribution in [0.4, 0.5) is 26.2 Å². The van der Waals surface area contributed by atoms with Crippen LogP contribution in [0.15, 0.2) is 35.2 Å². The molecule has 9 nitrogen and oxygen atoms in total. The molecule has 2 saturated heterocycles. The average molecular weight is 521 g/mol. The standard InChI is InChI=1S/C20H19Cl2FN2O7S/c21-12-8-16(18(22)17(9-12)33(28,29)30)25(10-13(11-26)32-20(25)27)15-3-1-2-14(23)19(15)24-4-6-31-7-5-24/h1-3,8-9,13,26H,4-7,10-11H2/t13?,25-/m1/s1. The molecular formula is C20H19Cl2FN2O7S. The van der Waals surface area contributed by atoms with E-state index in [1.807, 2.05) is 0 Å². The smallest absolute Gasteiger partial charge is 0.527 e. The van der Waals surface area contributed by atoms with Crippen molar-refractivity contribution in [3.63, 3.8) is 0 Å². The molecule has 2 aromatic carbocycles. The predicted octanol–water partition coefficient (Wildman–Crippen LogP) is 3.02. The lowest BCUT2D eigenvalue weighted by atomic mass is 10.1. The minimum Gasteiger partial charge on any atom is -0.744 e. The van der Waals surface area contributed by atoms with Crippen LogP contribution in [-0.4, -0.2) is 69.7 Å². The molecular weight excluding hydrogens is 502 g/mol. The zero-order chi connectivity index (χ0) is 24.0. The number of hydrogen-bond donors (Lipinski definition) is 1. The van der Waals surface area contributed by atoms with Gasteiger partial charge in [-0.15, -0.1) is 0 Å². The predicted molar refractivity (Wildman–Crippen MR) is 118 cm³/mol. The second-order valence-corrected chi connectivity index (χ2v) is 9.74. The molecule has 0 aliphatic carbocycles. The largest absolute Gasteiger partial charge is 0.744 e. The van der Waals surface area contributed by atoms with Gasteiger partial charge in [0.15, 0.2) is 23.3 Å². The molecule has 1 unspecified atom stereocenters. The summed E-state index contributed by atoms with van der Waals surface area (Å²) in [5.41, 5.74) is -0.0187. The summed E-state index contributed by atoms with van der Waals surface area (Å²) in [4.78, 5) is 14.2. The van der Waals surface area contributed by atoms with Crippen LogP contribution in [-0.2, 0) is 19.6 Å². The molecule has 2 fully saturated rings. The summed E-state index contributed by atoms with van der Waals surface area (Å²) in [6, 6.07) is 6.21. The Morgan fingerprint density at radius 2 is 1.91 bits per heavy atom. The fourth-order valence-electron chi connectivity index (χ4n) is 4.19. The van der Waals surface area contributed by atoms with Gasteiger partial charge >= 0.3 is 6.09 Å². The molecule has 0 bridgehead atoms. The van der Waals surface area contributed by atoms with Gasteiger partial charge in [-0.05, 0) is 12.1 Å². The maximum Gasteiger partial charge on any atom is 0.527 e. The molecule has 1 amide bonds. The number of aliphatic hydroxyl groups excluding tert-OH is 1. The molecule has 0 radical (unpaired) electrons. The number of carbonyl (C=O) groups is 1. The van der Waals surface area contributed by atoms with E-state index in [9.17, 15) is 22.9 Å². The minimum absolute atomic E-state index is 0.0684. The van der Waals surface area contributed by atoms with Crippen molar-refractivity contribution in [3.8, 4) is 0 Å². The molecule has 2 aromatic rings. The highest BCUT2D eigenvalue weighted by Crippen LogP contribution is 2.50. The van der Waals surface area contributed by atoms with Gasteiger partial charge in [-0.1, -0.05) is 29.3 Å². The van der Waals surface area contributed by atoms with Crippen molar-refractivity contribution >= 4 is 56.5 Å². The van der Waals surface area contributed by atoms with Gasteiger partial charge in [0.2, 0.25) is 0 Å². The summed E-state index contributed by atoms with van der Waals surface area (Å²) in [6.07, 6.45) is -1.94. The van der Waals surface area contributed by atoms with E-state index in [1.54, 1.807) is 4.90 Å². The van der Waals surface area contributed by atoms with Crippen molar-refractivity contribution in [1.29, 1.82) is 0 Å². The number of carbonyl (C=O) groups excluding carboxylic acids is 1. The quantitative estimate of drug-likeness (QED) is 0.472. The van der Waals surface area contributed by atoms with Gasteiger partial charge in [0.25, 0.3) is 0 Å². The highest BCUT2D eigenvalue weighted by Gasteiger charge is 2.56. The van der Waals surface area contributed by atoms with Crippen molar-refractivity contribution in [2.45, 2.75) is 11.0 Å². The fraction of sp³-hybridized carbons (Fsp3) is 0.350. The Morgan fingerprint density at radius 1 is 1.21 bits per heavy atom. The van der Waals surface area contributed by atoms with Gasteiger partial charge in [0.1, 0.15) is 27.4 Å². The van der Waals surface area contributed by atoms with Crippen LogP contribution < -0.4 is 9.38 Å². The molecule has 0 aromatic heterocycles. The normalized spacial score (nSPS) is 23.6. The van der Waals surface area contributed by atoms with Crippen LogP contribution in [0.3, 0.4) is 0 Å². The number of aliphatic hydroxyl groups is 1. The Kier molecular flexibility index (Phi) is 6.58. The maximum atomic E-state index is 15.2. The highest BCUT2D eigenvalue weighted by molar-refractivity contribution is 7.85. The molecule has 2 aliphatic rings. The number of nitrogens with zero attached hydrogens (tertiary/aromatic N) is 2. The van der Waals surface area contributed by atoms with E-state index in [4.69, 9.17) is 32.7 Å². The zero-order valence-corrected chi connectivity index (χ0v) is 19.4. The van der Waals surface area contributed by atoms with Crippen LogP contribution in [0.5, 0.6) is 0 Å². The number of amides is 1. The van der Waals surface area contributed by atoms with Crippen molar-refractivity contribution in [2.24, 2.45) is 0 Å². The number of para-hydroxylation sites is 1. The minimum atomic E-state index is -5.07. The number of hydrogen-bond acceptors (Lipinski definition) is 8. The molecule has 178 valence electrons. The van der Waals surface area contributed by atoms with Gasteiger partial charge in [0.05, 0.1) is 24.7 Å². The van der Waals surface area contributed by atoms with Crippen molar-refractivity contribution in [1.82, 2.24) is 4.48 Å². The lowest BCUT2D eigenvalue weighted by Crippen LogP contribution is -2.48. The van der Waals surface area contributed by atoms with Crippen molar-refractivity contribution in [2.75, 3.05) is 44.4 Å². The van der Waals surface area contributed by atoms with E-state index in [0.29, 0.717) is 26.3 Å². The summed E-state index contributed by atoms with van der Waals surface area (Å²) in [7, 11) is -5.07. The first-order valence-electron chi connectivity index (χ1n) is 9.87. The van der Waals surface area contributed by atoms with E-state index in [-0.39, 0.29) is 28.6 Å². The molecule has 0 spiro atoms. The molecule has 0 saturated carbocycles. The molecule has 1 N–H and O–H groups in total. The maximum absolute atomic E-state index is 15.2. The summed E-state index contributed by atoms with van der Waals surface area (Å²) >= 11 is 12.5. The number of benzene rings is 2. The third-order valence-electron chi connectivity index (χ3n) is 5.63. The third kappa shape index (κ3) is 4.18. The van der Waals surface area contributed by atoms with Gasteiger partial charge < -0.3 is 24.0 Å². The van der Waals surface area contributed by atoms with E-state index in [1.165, 1.54) is 24.3 Å². The number of anilines is 1. The molecule has 4 rings (SSSR count). The Hall–Kier alpha value is -1.99.